The van der Waals surface area contributed by atoms with Crippen LogP contribution in [0.15, 0.2) is 42.5 Å². The van der Waals surface area contributed by atoms with Gasteiger partial charge < -0.3 is 20.1 Å². The molecule has 0 heterocycles. The van der Waals surface area contributed by atoms with Crippen LogP contribution in [0.1, 0.15) is 61.9 Å². The summed E-state index contributed by atoms with van der Waals surface area (Å²) in [6.45, 7) is 4.24. The van der Waals surface area contributed by atoms with Crippen LogP contribution in [0.25, 0.3) is 0 Å². The van der Waals surface area contributed by atoms with Crippen LogP contribution in [-0.4, -0.2) is 25.0 Å². The third-order valence-corrected chi connectivity index (χ3v) is 5.73. The summed E-state index contributed by atoms with van der Waals surface area (Å²) in [5, 5.41) is 5.85. The molecule has 0 bridgehead atoms. The molecule has 2 amide bonds. The number of rotatable bonds is 9. The lowest BCUT2D eigenvalue weighted by atomic mass is 10.1. The van der Waals surface area contributed by atoms with E-state index in [0.29, 0.717) is 23.6 Å². The third kappa shape index (κ3) is 6.23. The van der Waals surface area contributed by atoms with E-state index in [0.717, 1.165) is 30.5 Å². The monoisotopic (exact) mass is 424 g/mol. The van der Waals surface area contributed by atoms with Crippen molar-refractivity contribution >= 4 is 17.5 Å². The lowest BCUT2D eigenvalue weighted by Gasteiger charge is -2.16. The SMILES string of the molecule is CCC(C)C(=O)Nc1cccc(CNC(=O)c2ccc(OC3CCCC3)c(OC)c2)c1. The Bertz CT molecular complexity index is 906. The van der Waals surface area contributed by atoms with Crippen molar-refractivity contribution < 1.29 is 19.1 Å². The average molecular weight is 425 g/mol. The van der Waals surface area contributed by atoms with E-state index in [1.165, 1.54) is 12.8 Å². The first-order valence-corrected chi connectivity index (χ1v) is 11.0. The van der Waals surface area contributed by atoms with Gasteiger partial charge in [0.25, 0.3) is 5.91 Å². The average Bonchev–Trinajstić information content (AvgIpc) is 3.30. The van der Waals surface area contributed by atoms with Crippen LogP contribution in [-0.2, 0) is 11.3 Å². The molecule has 1 aliphatic rings. The Balaban J connectivity index is 1.60. The molecule has 2 aromatic carbocycles. The molecule has 6 nitrogen and oxygen atoms in total. The van der Waals surface area contributed by atoms with Gasteiger partial charge in [0.15, 0.2) is 11.5 Å². The number of hydrogen-bond donors (Lipinski definition) is 2. The van der Waals surface area contributed by atoms with Gasteiger partial charge in [0, 0.05) is 23.7 Å². The number of benzene rings is 2. The molecule has 166 valence electrons. The number of anilines is 1. The Morgan fingerprint density at radius 3 is 2.58 bits per heavy atom. The summed E-state index contributed by atoms with van der Waals surface area (Å²) in [6.07, 6.45) is 5.51. The number of ether oxygens (including phenoxy) is 2. The zero-order valence-corrected chi connectivity index (χ0v) is 18.6. The molecule has 31 heavy (non-hydrogen) atoms. The maximum atomic E-state index is 12.7. The van der Waals surface area contributed by atoms with Crippen LogP contribution in [0.4, 0.5) is 5.69 Å². The molecule has 2 N–H and O–H groups in total. The van der Waals surface area contributed by atoms with Gasteiger partial charge in [-0.25, -0.2) is 0 Å². The van der Waals surface area contributed by atoms with E-state index in [-0.39, 0.29) is 23.8 Å². The Morgan fingerprint density at radius 1 is 1.10 bits per heavy atom. The standard InChI is InChI=1S/C25H32N2O4/c1-4-17(2)24(28)27-20-9-7-8-18(14-20)16-26-25(29)19-12-13-22(23(15-19)30-3)31-21-10-5-6-11-21/h7-9,12-15,17,21H,4-6,10-11,16H2,1-3H3,(H,26,29)(H,27,28). The first-order valence-electron chi connectivity index (χ1n) is 11.0. The van der Waals surface area contributed by atoms with Crippen molar-refractivity contribution in [2.45, 2.75) is 58.6 Å². The number of carbonyl (C=O) groups excluding carboxylic acids is 2. The maximum Gasteiger partial charge on any atom is 0.251 e. The summed E-state index contributed by atoms with van der Waals surface area (Å²) in [7, 11) is 1.58. The fourth-order valence-corrected chi connectivity index (χ4v) is 3.59. The lowest BCUT2D eigenvalue weighted by molar-refractivity contribution is -0.119. The number of hydrogen-bond acceptors (Lipinski definition) is 4. The fraction of sp³-hybridized carbons (Fsp3) is 0.440. The molecular weight excluding hydrogens is 392 g/mol. The molecule has 3 rings (SSSR count). The predicted molar refractivity (Wildman–Crippen MR) is 122 cm³/mol. The highest BCUT2D eigenvalue weighted by atomic mass is 16.5. The summed E-state index contributed by atoms with van der Waals surface area (Å²) in [5.74, 6) is 0.999. The molecule has 0 aliphatic heterocycles. The summed E-state index contributed by atoms with van der Waals surface area (Å²) in [6, 6.07) is 12.8. The van der Waals surface area contributed by atoms with Crippen LogP contribution in [0.5, 0.6) is 11.5 Å². The molecule has 2 aromatic rings. The second-order valence-corrected chi connectivity index (χ2v) is 8.07. The van der Waals surface area contributed by atoms with Gasteiger partial charge in [-0.05, 0) is 68.0 Å². The third-order valence-electron chi connectivity index (χ3n) is 5.73. The summed E-state index contributed by atoms with van der Waals surface area (Å²) in [5.41, 5.74) is 2.15. The van der Waals surface area contributed by atoms with Gasteiger partial charge in [-0.2, -0.15) is 0 Å². The van der Waals surface area contributed by atoms with Crippen LogP contribution in [0.3, 0.4) is 0 Å². The fourth-order valence-electron chi connectivity index (χ4n) is 3.59. The van der Waals surface area contributed by atoms with E-state index >= 15 is 0 Å². The van der Waals surface area contributed by atoms with Crippen LogP contribution >= 0.6 is 0 Å². The van der Waals surface area contributed by atoms with Crippen molar-refractivity contribution in [3.63, 3.8) is 0 Å². The molecule has 0 radical (unpaired) electrons. The summed E-state index contributed by atoms with van der Waals surface area (Å²) >= 11 is 0. The lowest BCUT2D eigenvalue weighted by Crippen LogP contribution is -2.23. The molecule has 1 unspecified atom stereocenters. The Morgan fingerprint density at radius 2 is 1.87 bits per heavy atom. The van der Waals surface area contributed by atoms with Gasteiger partial charge in [0.05, 0.1) is 13.2 Å². The maximum absolute atomic E-state index is 12.7. The molecule has 0 aromatic heterocycles. The molecule has 1 fully saturated rings. The van der Waals surface area contributed by atoms with Crippen molar-refractivity contribution in [1.29, 1.82) is 0 Å². The van der Waals surface area contributed by atoms with Gasteiger partial charge in [-0.1, -0.05) is 26.0 Å². The zero-order valence-electron chi connectivity index (χ0n) is 18.6. The van der Waals surface area contributed by atoms with Gasteiger partial charge in [0.1, 0.15) is 0 Å². The smallest absolute Gasteiger partial charge is 0.251 e. The van der Waals surface area contributed by atoms with Crippen molar-refractivity contribution in [2.75, 3.05) is 12.4 Å². The number of carbonyl (C=O) groups is 2. The van der Waals surface area contributed by atoms with Crippen molar-refractivity contribution in [3.8, 4) is 11.5 Å². The Labute approximate surface area is 184 Å². The van der Waals surface area contributed by atoms with E-state index in [2.05, 4.69) is 10.6 Å². The normalized spacial score (nSPS) is 14.7. The van der Waals surface area contributed by atoms with E-state index in [1.807, 2.05) is 38.1 Å². The Hall–Kier alpha value is -3.02. The molecule has 1 aliphatic carbocycles. The number of methoxy groups -OCH3 is 1. The number of nitrogens with one attached hydrogen (secondary N) is 2. The second-order valence-electron chi connectivity index (χ2n) is 8.07. The van der Waals surface area contributed by atoms with Crippen LogP contribution in [0.2, 0.25) is 0 Å². The minimum Gasteiger partial charge on any atom is -0.493 e. The molecule has 0 spiro atoms. The van der Waals surface area contributed by atoms with Gasteiger partial charge >= 0.3 is 0 Å². The van der Waals surface area contributed by atoms with Crippen LogP contribution < -0.4 is 20.1 Å². The van der Waals surface area contributed by atoms with Crippen molar-refractivity contribution in [1.82, 2.24) is 5.32 Å². The van der Waals surface area contributed by atoms with Crippen molar-refractivity contribution in [3.05, 3.63) is 53.6 Å². The first kappa shape index (κ1) is 22.7. The largest absolute Gasteiger partial charge is 0.493 e. The van der Waals surface area contributed by atoms with Gasteiger partial charge in [-0.3, -0.25) is 9.59 Å². The minimum atomic E-state index is -0.195. The summed E-state index contributed by atoms with van der Waals surface area (Å²) in [4.78, 5) is 24.8. The highest BCUT2D eigenvalue weighted by Gasteiger charge is 2.19. The molecular formula is C25H32N2O4. The quantitative estimate of drug-likeness (QED) is 0.598. The van der Waals surface area contributed by atoms with E-state index in [9.17, 15) is 9.59 Å². The topological polar surface area (TPSA) is 76.7 Å². The summed E-state index contributed by atoms with van der Waals surface area (Å²) < 4.78 is 11.5. The molecule has 1 atom stereocenters. The van der Waals surface area contributed by atoms with Crippen LogP contribution in [0, 0.1) is 5.92 Å². The minimum absolute atomic E-state index is 0.00399. The molecule has 6 heteroatoms. The molecule has 1 saturated carbocycles. The second kappa shape index (κ2) is 10.8. The van der Waals surface area contributed by atoms with Gasteiger partial charge in [-0.15, -0.1) is 0 Å². The zero-order chi connectivity index (χ0) is 22.2. The highest BCUT2D eigenvalue weighted by Crippen LogP contribution is 2.32. The number of amides is 2. The Kier molecular flexibility index (Phi) is 7.93. The van der Waals surface area contributed by atoms with E-state index < -0.39 is 0 Å². The van der Waals surface area contributed by atoms with E-state index in [4.69, 9.17) is 9.47 Å². The highest BCUT2D eigenvalue weighted by molar-refractivity contribution is 5.95. The van der Waals surface area contributed by atoms with Gasteiger partial charge in [0.2, 0.25) is 5.91 Å². The van der Waals surface area contributed by atoms with Crippen molar-refractivity contribution in [2.24, 2.45) is 5.92 Å². The predicted octanol–water partition coefficient (Wildman–Crippen LogP) is 4.93. The molecule has 0 saturated heterocycles. The van der Waals surface area contributed by atoms with E-state index in [1.54, 1.807) is 25.3 Å². The first-order chi connectivity index (χ1) is 15.0.